The molecule has 0 aliphatic heterocycles. The summed E-state index contributed by atoms with van der Waals surface area (Å²) in [5.41, 5.74) is 1.37. The summed E-state index contributed by atoms with van der Waals surface area (Å²) in [4.78, 5) is 0. The van der Waals surface area contributed by atoms with Gasteiger partial charge in [0.25, 0.3) is 0 Å². The molecule has 0 saturated carbocycles. The van der Waals surface area contributed by atoms with Gasteiger partial charge < -0.3 is 5.32 Å². The lowest BCUT2D eigenvalue weighted by molar-refractivity contribution is 0.293. The van der Waals surface area contributed by atoms with Crippen LogP contribution >= 0.6 is 15.9 Å². The minimum absolute atomic E-state index is 0.0227. The first-order chi connectivity index (χ1) is 8.89. The normalized spacial score (nSPS) is 15.3. The van der Waals surface area contributed by atoms with E-state index in [0.29, 0.717) is 6.04 Å². The summed E-state index contributed by atoms with van der Waals surface area (Å²) in [6.45, 7) is 11.4. The molecule has 1 rings (SSSR count). The Morgan fingerprint density at radius 3 is 2.16 bits per heavy atom. The van der Waals surface area contributed by atoms with Gasteiger partial charge >= 0.3 is 0 Å². The Bertz CT molecular complexity index is 369. The standard InChI is InChI=1S/C17H28BrN/c1-6-13(3)12-16(7-2)19-17(4,5)14-8-10-15(18)11-9-14/h8-11,13,16,19H,6-7,12H2,1-5H3. The van der Waals surface area contributed by atoms with Crippen LogP contribution in [0.15, 0.2) is 28.7 Å². The molecule has 0 aliphatic carbocycles. The van der Waals surface area contributed by atoms with E-state index in [1.807, 2.05) is 0 Å². The molecule has 2 heteroatoms. The summed E-state index contributed by atoms with van der Waals surface area (Å²) in [5.74, 6) is 0.790. The van der Waals surface area contributed by atoms with Gasteiger partial charge in [-0.05, 0) is 50.3 Å². The molecule has 19 heavy (non-hydrogen) atoms. The molecule has 0 heterocycles. The van der Waals surface area contributed by atoms with Crippen molar-refractivity contribution in [1.82, 2.24) is 5.32 Å². The molecule has 0 aliphatic rings. The van der Waals surface area contributed by atoms with Crippen LogP contribution in [-0.2, 0) is 5.54 Å². The highest BCUT2D eigenvalue weighted by Crippen LogP contribution is 2.24. The molecule has 2 unspecified atom stereocenters. The maximum atomic E-state index is 3.83. The van der Waals surface area contributed by atoms with Gasteiger partial charge in [0.1, 0.15) is 0 Å². The third-order valence-electron chi connectivity index (χ3n) is 4.01. The minimum Gasteiger partial charge on any atom is -0.305 e. The topological polar surface area (TPSA) is 12.0 Å². The molecule has 0 fully saturated rings. The first-order valence-corrected chi connectivity index (χ1v) is 8.22. The highest BCUT2D eigenvalue weighted by Gasteiger charge is 2.24. The Balaban J connectivity index is 2.73. The summed E-state index contributed by atoms with van der Waals surface area (Å²) in [7, 11) is 0. The molecule has 0 saturated heterocycles. The highest BCUT2D eigenvalue weighted by atomic mass is 79.9. The molecule has 2 atom stereocenters. The average Bonchev–Trinajstić information content (AvgIpc) is 2.38. The van der Waals surface area contributed by atoms with E-state index in [1.54, 1.807) is 0 Å². The number of benzene rings is 1. The van der Waals surface area contributed by atoms with Gasteiger partial charge in [-0.1, -0.05) is 55.3 Å². The van der Waals surface area contributed by atoms with E-state index >= 15 is 0 Å². The van der Waals surface area contributed by atoms with Gasteiger partial charge in [-0.25, -0.2) is 0 Å². The van der Waals surface area contributed by atoms with Crippen molar-refractivity contribution in [3.8, 4) is 0 Å². The van der Waals surface area contributed by atoms with Crippen LogP contribution in [0.3, 0.4) is 0 Å². The van der Waals surface area contributed by atoms with Gasteiger partial charge in [0.05, 0.1) is 0 Å². The monoisotopic (exact) mass is 325 g/mol. The van der Waals surface area contributed by atoms with Gasteiger partial charge in [-0.15, -0.1) is 0 Å². The molecule has 0 amide bonds. The fourth-order valence-corrected chi connectivity index (χ4v) is 2.70. The van der Waals surface area contributed by atoms with E-state index in [2.05, 4.69) is 80.1 Å². The second-order valence-corrected chi connectivity index (χ2v) is 7.05. The summed E-state index contributed by atoms with van der Waals surface area (Å²) >= 11 is 3.50. The van der Waals surface area contributed by atoms with Crippen LogP contribution < -0.4 is 5.32 Å². The van der Waals surface area contributed by atoms with Crippen LogP contribution in [0.1, 0.15) is 59.4 Å². The molecule has 0 radical (unpaired) electrons. The third kappa shape index (κ3) is 5.27. The maximum absolute atomic E-state index is 3.83. The van der Waals surface area contributed by atoms with Gasteiger partial charge in [-0.3, -0.25) is 0 Å². The summed E-state index contributed by atoms with van der Waals surface area (Å²) in [5, 5.41) is 3.83. The lowest BCUT2D eigenvalue weighted by atomic mass is 9.90. The second kappa shape index (κ2) is 7.44. The van der Waals surface area contributed by atoms with Crippen molar-refractivity contribution < 1.29 is 0 Å². The van der Waals surface area contributed by atoms with Crippen LogP contribution in [0, 0.1) is 5.92 Å². The van der Waals surface area contributed by atoms with E-state index in [4.69, 9.17) is 0 Å². The van der Waals surface area contributed by atoms with E-state index < -0.39 is 0 Å². The predicted octanol–water partition coefficient (Wildman–Crippen LogP) is 5.49. The maximum Gasteiger partial charge on any atom is 0.0379 e. The molecule has 0 spiro atoms. The van der Waals surface area contributed by atoms with Crippen LogP contribution in [0.2, 0.25) is 0 Å². The Morgan fingerprint density at radius 1 is 1.11 bits per heavy atom. The van der Waals surface area contributed by atoms with Gasteiger partial charge in [0.15, 0.2) is 0 Å². The molecule has 1 aromatic rings. The average molecular weight is 326 g/mol. The minimum atomic E-state index is 0.0227. The largest absolute Gasteiger partial charge is 0.305 e. The Kier molecular flexibility index (Phi) is 6.55. The van der Waals surface area contributed by atoms with Gasteiger partial charge in [-0.2, -0.15) is 0 Å². The highest BCUT2D eigenvalue weighted by molar-refractivity contribution is 9.10. The number of rotatable bonds is 7. The summed E-state index contributed by atoms with van der Waals surface area (Å²) < 4.78 is 1.14. The zero-order valence-corrected chi connectivity index (χ0v) is 14.5. The zero-order chi connectivity index (χ0) is 14.5. The predicted molar refractivity (Wildman–Crippen MR) is 88.5 cm³/mol. The Morgan fingerprint density at radius 2 is 1.68 bits per heavy atom. The lowest BCUT2D eigenvalue weighted by Gasteiger charge is -2.33. The summed E-state index contributed by atoms with van der Waals surface area (Å²) in [6, 6.07) is 9.23. The van der Waals surface area contributed by atoms with Crippen LogP contribution in [0.25, 0.3) is 0 Å². The molecular formula is C17H28BrN. The van der Waals surface area contributed by atoms with Gasteiger partial charge in [0, 0.05) is 16.1 Å². The number of hydrogen-bond acceptors (Lipinski definition) is 1. The molecule has 1 N–H and O–H groups in total. The van der Waals surface area contributed by atoms with Crippen molar-refractivity contribution in [3.63, 3.8) is 0 Å². The number of hydrogen-bond donors (Lipinski definition) is 1. The van der Waals surface area contributed by atoms with E-state index in [9.17, 15) is 0 Å². The zero-order valence-electron chi connectivity index (χ0n) is 13.0. The quantitative estimate of drug-likeness (QED) is 0.699. The molecular weight excluding hydrogens is 298 g/mol. The Hall–Kier alpha value is -0.340. The van der Waals surface area contributed by atoms with Crippen molar-refractivity contribution in [2.24, 2.45) is 5.92 Å². The third-order valence-corrected chi connectivity index (χ3v) is 4.54. The summed E-state index contributed by atoms with van der Waals surface area (Å²) in [6.07, 6.45) is 3.70. The van der Waals surface area contributed by atoms with Crippen molar-refractivity contribution in [3.05, 3.63) is 34.3 Å². The Labute approximate surface area is 127 Å². The SMILES string of the molecule is CCC(C)CC(CC)NC(C)(C)c1ccc(Br)cc1. The van der Waals surface area contributed by atoms with E-state index in [-0.39, 0.29) is 5.54 Å². The van der Waals surface area contributed by atoms with Crippen molar-refractivity contribution in [2.75, 3.05) is 0 Å². The van der Waals surface area contributed by atoms with Crippen LogP contribution in [0.5, 0.6) is 0 Å². The lowest BCUT2D eigenvalue weighted by Crippen LogP contribution is -2.44. The number of halogens is 1. The second-order valence-electron chi connectivity index (χ2n) is 6.13. The van der Waals surface area contributed by atoms with E-state index in [1.165, 1.54) is 24.8 Å². The number of nitrogens with one attached hydrogen (secondary N) is 1. The molecule has 0 bridgehead atoms. The van der Waals surface area contributed by atoms with Crippen LogP contribution in [-0.4, -0.2) is 6.04 Å². The molecule has 1 nitrogen and oxygen atoms in total. The van der Waals surface area contributed by atoms with Crippen molar-refractivity contribution in [1.29, 1.82) is 0 Å². The first-order valence-electron chi connectivity index (χ1n) is 7.42. The first kappa shape index (κ1) is 16.7. The van der Waals surface area contributed by atoms with Gasteiger partial charge in [0.2, 0.25) is 0 Å². The van der Waals surface area contributed by atoms with Crippen molar-refractivity contribution in [2.45, 2.75) is 65.5 Å². The fraction of sp³-hybridized carbons (Fsp3) is 0.647. The molecule has 0 aromatic heterocycles. The smallest absolute Gasteiger partial charge is 0.0379 e. The van der Waals surface area contributed by atoms with Crippen molar-refractivity contribution >= 4 is 15.9 Å². The molecule has 1 aromatic carbocycles. The van der Waals surface area contributed by atoms with Crippen LogP contribution in [0.4, 0.5) is 0 Å². The van der Waals surface area contributed by atoms with E-state index in [0.717, 1.165) is 10.4 Å². The fourth-order valence-electron chi connectivity index (χ4n) is 2.44. The molecule has 108 valence electrons.